The molecule has 0 saturated carbocycles. The van der Waals surface area contributed by atoms with Gasteiger partial charge in [-0.2, -0.15) is 0 Å². The van der Waals surface area contributed by atoms with E-state index in [4.69, 9.17) is 0 Å². The summed E-state index contributed by atoms with van der Waals surface area (Å²) >= 11 is 0. The minimum Gasteiger partial charge on any atom is -0.343 e. The predicted molar refractivity (Wildman–Crippen MR) is 91.6 cm³/mol. The summed E-state index contributed by atoms with van der Waals surface area (Å²) in [7, 11) is 0. The van der Waals surface area contributed by atoms with Gasteiger partial charge in [-0.15, -0.1) is 0 Å². The average molecular weight is 330 g/mol. The molecule has 0 atom stereocenters. The monoisotopic (exact) mass is 330 g/mol. The second-order valence-corrected chi connectivity index (χ2v) is 6.71. The molecule has 0 unspecified atom stereocenters. The minimum atomic E-state index is -0.00673. The first-order chi connectivity index (χ1) is 11.7. The van der Waals surface area contributed by atoms with Gasteiger partial charge in [-0.1, -0.05) is 25.7 Å². The lowest BCUT2D eigenvalue weighted by molar-refractivity contribution is -0.131. The quantitative estimate of drug-likeness (QED) is 0.924. The molecule has 24 heavy (non-hydrogen) atoms. The molecule has 1 aromatic heterocycles. The first kappa shape index (κ1) is 16.9. The lowest BCUT2D eigenvalue weighted by atomic mass is 10.1. The second kappa shape index (κ2) is 8.22. The van der Waals surface area contributed by atoms with Gasteiger partial charge in [0, 0.05) is 32.4 Å². The Morgan fingerprint density at radius 2 is 1.79 bits per heavy atom. The highest BCUT2D eigenvalue weighted by Gasteiger charge is 2.19. The van der Waals surface area contributed by atoms with Crippen LogP contribution in [0.5, 0.6) is 0 Å². The Bertz CT molecular complexity index is 593. The maximum Gasteiger partial charge on any atom is 0.225 e. The number of nitrogens with one attached hydrogen (secondary N) is 1. The number of aromatic nitrogens is 2. The Labute approximate surface area is 143 Å². The highest BCUT2D eigenvalue weighted by Crippen LogP contribution is 2.18. The van der Waals surface area contributed by atoms with Crippen molar-refractivity contribution in [3.63, 3.8) is 0 Å². The predicted octanol–water partition coefficient (Wildman–Crippen LogP) is 2.48. The normalized spacial score (nSPS) is 18.8. The average Bonchev–Trinajstić information content (AvgIpc) is 2.73. The van der Waals surface area contributed by atoms with Crippen LogP contribution in [0, 0.1) is 0 Å². The van der Waals surface area contributed by atoms with Gasteiger partial charge in [-0.3, -0.25) is 14.6 Å². The zero-order valence-electron chi connectivity index (χ0n) is 14.2. The SMILES string of the molecule is O=C1CCc2nc(CCC(=O)N3CCCCCCCC3)cnc2N1. The van der Waals surface area contributed by atoms with Crippen molar-refractivity contribution in [1.82, 2.24) is 14.9 Å². The highest BCUT2D eigenvalue weighted by atomic mass is 16.2. The van der Waals surface area contributed by atoms with Crippen LogP contribution in [0.15, 0.2) is 6.20 Å². The fourth-order valence-electron chi connectivity index (χ4n) is 3.36. The lowest BCUT2D eigenvalue weighted by Gasteiger charge is -2.22. The van der Waals surface area contributed by atoms with Crippen molar-refractivity contribution in [3.8, 4) is 0 Å². The molecule has 0 aromatic carbocycles. The molecule has 1 fully saturated rings. The Kier molecular flexibility index (Phi) is 5.77. The number of fused-ring (bicyclic) bond motifs is 1. The van der Waals surface area contributed by atoms with Gasteiger partial charge in [0.15, 0.2) is 5.82 Å². The number of carbonyl (C=O) groups is 2. The standard InChI is InChI=1S/C18H26N4O2/c23-16-9-8-15-18(21-16)19-13-14(20-15)7-10-17(24)22-11-5-3-1-2-4-6-12-22/h13H,1-12H2,(H,19,21,23). The van der Waals surface area contributed by atoms with Gasteiger partial charge in [-0.25, -0.2) is 4.98 Å². The molecule has 0 aliphatic carbocycles. The van der Waals surface area contributed by atoms with Gasteiger partial charge >= 0.3 is 0 Å². The van der Waals surface area contributed by atoms with Gasteiger partial charge in [-0.05, 0) is 19.3 Å². The number of hydrogen-bond acceptors (Lipinski definition) is 4. The van der Waals surface area contributed by atoms with Crippen molar-refractivity contribution >= 4 is 17.6 Å². The van der Waals surface area contributed by atoms with Gasteiger partial charge < -0.3 is 10.2 Å². The first-order valence-corrected chi connectivity index (χ1v) is 9.15. The van der Waals surface area contributed by atoms with Crippen molar-refractivity contribution in [2.45, 2.75) is 64.2 Å². The lowest BCUT2D eigenvalue weighted by Crippen LogP contribution is -2.33. The van der Waals surface area contributed by atoms with Crippen molar-refractivity contribution in [2.24, 2.45) is 0 Å². The zero-order valence-corrected chi connectivity index (χ0v) is 14.2. The van der Waals surface area contributed by atoms with E-state index in [1.54, 1.807) is 6.20 Å². The molecule has 1 N–H and O–H groups in total. The van der Waals surface area contributed by atoms with E-state index in [0.717, 1.165) is 37.3 Å². The van der Waals surface area contributed by atoms with E-state index in [2.05, 4.69) is 15.3 Å². The molecule has 130 valence electrons. The Morgan fingerprint density at radius 1 is 1.08 bits per heavy atom. The first-order valence-electron chi connectivity index (χ1n) is 9.15. The fraction of sp³-hybridized carbons (Fsp3) is 0.667. The summed E-state index contributed by atoms with van der Waals surface area (Å²) in [6.45, 7) is 1.78. The van der Waals surface area contributed by atoms with Gasteiger partial charge in [0.1, 0.15) is 0 Å². The Balaban J connectivity index is 1.54. The van der Waals surface area contributed by atoms with Gasteiger partial charge in [0.25, 0.3) is 0 Å². The van der Waals surface area contributed by atoms with Crippen LogP contribution in [0.25, 0.3) is 0 Å². The molecule has 0 spiro atoms. The third-order valence-electron chi connectivity index (χ3n) is 4.80. The van der Waals surface area contributed by atoms with Crippen LogP contribution in [0.2, 0.25) is 0 Å². The summed E-state index contributed by atoms with van der Waals surface area (Å²) in [5.41, 5.74) is 1.67. The number of amides is 2. The van der Waals surface area contributed by atoms with Crippen LogP contribution in [0.3, 0.4) is 0 Å². The molecule has 3 heterocycles. The van der Waals surface area contributed by atoms with Crippen molar-refractivity contribution in [1.29, 1.82) is 0 Å². The van der Waals surface area contributed by atoms with E-state index in [1.807, 2.05) is 4.90 Å². The number of carbonyl (C=O) groups excluding carboxylic acids is 2. The summed E-state index contributed by atoms with van der Waals surface area (Å²) in [6, 6.07) is 0. The minimum absolute atomic E-state index is 0.00673. The van der Waals surface area contributed by atoms with E-state index >= 15 is 0 Å². The van der Waals surface area contributed by atoms with Crippen LogP contribution in [0.1, 0.15) is 62.8 Å². The maximum absolute atomic E-state index is 12.5. The largest absolute Gasteiger partial charge is 0.343 e. The number of nitrogens with zero attached hydrogens (tertiary/aromatic N) is 3. The molecule has 0 bridgehead atoms. The second-order valence-electron chi connectivity index (χ2n) is 6.71. The molecule has 6 nitrogen and oxygen atoms in total. The smallest absolute Gasteiger partial charge is 0.225 e. The van der Waals surface area contributed by atoms with E-state index in [9.17, 15) is 9.59 Å². The van der Waals surface area contributed by atoms with Gasteiger partial charge in [0.2, 0.25) is 11.8 Å². The highest BCUT2D eigenvalue weighted by molar-refractivity contribution is 5.92. The van der Waals surface area contributed by atoms with E-state index in [0.29, 0.717) is 31.5 Å². The number of rotatable bonds is 3. The number of aryl methyl sites for hydroxylation is 2. The molecule has 1 aromatic rings. The third kappa shape index (κ3) is 4.52. The summed E-state index contributed by atoms with van der Waals surface area (Å²) in [6.07, 6.45) is 11.1. The van der Waals surface area contributed by atoms with E-state index in [1.165, 1.54) is 25.7 Å². The van der Waals surface area contributed by atoms with Crippen LogP contribution in [0.4, 0.5) is 5.82 Å². The third-order valence-corrected chi connectivity index (χ3v) is 4.80. The Morgan fingerprint density at radius 3 is 2.54 bits per heavy atom. The summed E-state index contributed by atoms with van der Waals surface area (Å²) < 4.78 is 0. The zero-order chi connectivity index (χ0) is 16.8. The summed E-state index contributed by atoms with van der Waals surface area (Å²) in [5.74, 6) is 0.791. The van der Waals surface area contributed by atoms with Crippen LogP contribution < -0.4 is 5.32 Å². The number of hydrogen-bond donors (Lipinski definition) is 1. The molecule has 3 rings (SSSR count). The van der Waals surface area contributed by atoms with Crippen molar-refractivity contribution < 1.29 is 9.59 Å². The summed E-state index contributed by atoms with van der Waals surface area (Å²) in [4.78, 5) is 34.7. The van der Waals surface area contributed by atoms with Crippen LogP contribution in [-0.4, -0.2) is 39.8 Å². The van der Waals surface area contributed by atoms with E-state index in [-0.39, 0.29) is 11.8 Å². The molecule has 2 amide bonds. The van der Waals surface area contributed by atoms with Crippen LogP contribution in [-0.2, 0) is 22.4 Å². The molecule has 2 aliphatic heterocycles. The molecular formula is C18H26N4O2. The van der Waals surface area contributed by atoms with Crippen molar-refractivity contribution in [2.75, 3.05) is 18.4 Å². The molecular weight excluding hydrogens is 304 g/mol. The Hall–Kier alpha value is -1.98. The van der Waals surface area contributed by atoms with Crippen LogP contribution >= 0.6 is 0 Å². The summed E-state index contributed by atoms with van der Waals surface area (Å²) in [5, 5.41) is 2.73. The molecule has 1 saturated heterocycles. The number of anilines is 1. The maximum atomic E-state index is 12.5. The fourth-order valence-corrected chi connectivity index (χ4v) is 3.36. The van der Waals surface area contributed by atoms with Gasteiger partial charge in [0.05, 0.1) is 17.6 Å². The molecule has 0 radical (unpaired) electrons. The van der Waals surface area contributed by atoms with Crippen molar-refractivity contribution in [3.05, 3.63) is 17.6 Å². The topological polar surface area (TPSA) is 75.2 Å². The molecule has 2 aliphatic rings. The molecule has 6 heteroatoms. The van der Waals surface area contributed by atoms with E-state index < -0.39 is 0 Å².